The molecule has 0 spiro atoms. The molecule has 0 unspecified atom stereocenters. The number of nitrogens with one attached hydrogen (secondary N) is 2. The summed E-state index contributed by atoms with van der Waals surface area (Å²) in [6.07, 6.45) is 10.8. The summed E-state index contributed by atoms with van der Waals surface area (Å²) >= 11 is 0. The fraction of sp³-hybridized carbons (Fsp3) is 0.486. The molecule has 4 aromatic rings. The average Bonchev–Trinajstić information content (AvgIpc) is 3.66. The first-order chi connectivity index (χ1) is 23.9. The second-order valence-corrected chi connectivity index (χ2v) is 13.2. The van der Waals surface area contributed by atoms with E-state index in [0.717, 1.165) is 87.4 Å². The number of imidazole rings is 1. The maximum Gasteiger partial charge on any atom is 0.407 e. The molecule has 6 rings (SSSR count). The summed E-state index contributed by atoms with van der Waals surface area (Å²) in [6, 6.07) is 16.1. The number of alkyl carbamates (subject to hydrolysis) is 1. The van der Waals surface area contributed by atoms with Gasteiger partial charge < -0.3 is 34.8 Å². The number of aryl methyl sites for hydroxylation is 1. The quantitative estimate of drug-likeness (QED) is 0.174. The maximum absolute atomic E-state index is 13.0. The first kappa shape index (κ1) is 34.3. The van der Waals surface area contributed by atoms with Crippen molar-refractivity contribution in [2.45, 2.75) is 70.1 Å². The van der Waals surface area contributed by atoms with Crippen LogP contribution in [0.1, 0.15) is 62.2 Å². The van der Waals surface area contributed by atoms with Crippen LogP contribution in [0, 0.1) is 0 Å². The number of amides is 2. The molecule has 2 aliphatic heterocycles. The van der Waals surface area contributed by atoms with Crippen LogP contribution in [0.2, 0.25) is 0 Å². The second-order valence-electron chi connectivity index (χ2n) is 13.2. The standard InChI is InChI=1S/C37H48N8O4/c1-2-3-24-49-36(47)40-26-37(48)14-21-44(22-15-37)30-12-19-45(20-13-30)34-33(28-8-5-4-6-9-28)41-32-25-29(10-11-31(32)42-34)35(46)39-16-7-18-43-23-17-38-27-43/h4-6,8-11,17,23,25,27,30,48H,2-3,7,12-16,18-22,24,26H2,1H3,(H,39,46)(H,40,47). The summed E-state index contributed by atoms with van der Waals surface area (Å²) in [5.74, 6) is 0.734. The number of piperidine rings is 2. The molecule has 4 heterocycles. The Morgan fingerprint density at radius 2 is 1.78 bits per heavy atom. The summed E-state index contributed by atoms with van der Waals surface area (Å²) in [5, 5.41) is 16.9. The van der Waals surface area contributed by atoms with Crippen LogP contribution in [0.25, 0.3) is 22.3 Å². The molecule has 0 radical (unpaired) electrons. The SMILES string of the molecule is CCCCOC(=O)NCC1(O)CCN(C2CCN(c3nc4ccc(C(=O)NCCCn5ccnc5)cc4nc3-c3ccccc3)CC2)CC1. The van der Waals surface area contributed by atoms with Crippen molar-refractivity contribution in [3.63, 3.8) is 0 Å². The number of rotatable bonds is 13. The highest BCUT2D eigenvalue weighted by atomic mass is 16.5. The van der Waals surface area contributed by atoms with Crippen LogP contribution < -0.4 is 15.5 Å². The molecule has 3 N–H and O–H groups in total. The van der Waals surface area contributed by atoms with Crippen molar-refractivity contribution in [1.29, 1.82) is 0 Å². The Morgan fingerprint density at radius 1 is 0.980 bits per heavy atom. The lowest BCUT2D eigenvalue weighted by Gasteiger charge is -2.44. The minimum Gasteiger partial charge on any atom is -0.450 e. The predicted octanol–water partition coefficient (Wildman–Crippen LogP) is 4.64. The van der Waals surface area contributed by atoms with Crippen LogP contribution in [0.5, 0.6) is 0 Å². The molecule has 12 nitrogen and oxygen atoms in total. The minimum absolute atomic E-state index is 0.126. The third-order valence-electron chi connectivity index (χ3n) is 9.70. The van der Waals surface area contributed by atoms with Crippen LogP contribution in [0.15, 0.2) is 67.3 Å². The van der Waals surface area contributed by atoms with Crippen LogP contribution in [-0.2, 0) is 11.3 Å². The van der Waals surface area contributed by atoms with Crippen molar-refractivity contribution in [3.05, 3.63) is 72.8 Å². The van der Waals surface area contributed by atoms with Gasteiger partial charge in [-0.05, 0) is 56.7 Å². The van der Waals surface area contributed by atoms with Crippen molar-refractivity contribution in [2.24, 2.45) is 0 Å². The summed E-state index contributed by atoms with van der Waals surface area (Å²) in [5.41, 5.74) is 2.90. The molecule has 2 amide bonds. The first-order valence-corrected chi connectivity index (χ1v) is 17.6. The van der Waals surface area contributed by atoms with Gasteiger partial charge in [-0.3, -0.25) is 4.79 Å². The highest BCUT2D eigenvalue weighted by molar-refractivity contribution is 5.98. The van der Waals surface area contributed by atoms with E-state index < -0.39 is 11.7 Å². The number of carbonyl (C=O) groups excluding carboxylic acids is 2. The Bertz CT molecular complexity index is 1670. The monoisotopic (exact) mass is 668 g/mol. The molecule has 2 aliphatic rings. The van der Waals surface area contributed by atoms with Gasteiger partial charge in [0.2, 0.25) is 0 Å². The third-order valence-corrected chi connectivity index (χ3v) is 9.70. The number of carbonyl (C=O) groups is 2. The van der Waals surface area contributed by atoms with Gasteiger partial charge >= 0.3 is 6.09 Å². The van der Waals surface area contributed by atoms with E-state index in [1.807, 2.05) is 54.1 Å². The maximum atomic E-state index is 13.0. The topological polar surface area (TPSA) is 138 Å². The predicted molar refractivity (Wildman–Crippen MR) is 189 cm³/mol. The highest BCUT2D eigenvalue weighted by Gasteiger charge is 2.36. The number of aromatic nitrogens is 4. The molecular weight excluding hydrogens is 620 g/mol. The summed E-state index contributed by atoms with van der Waals surface area (Å²) in [6.45, 7) is 7.29. The fourth-order valence-corrected chi connectivity index (χ4v) is 6.70. The van der Waals surface area contributed by atoms with Gasteiger partial charge in [0.15, 0.2) is 5.82 Å². The summed E-state index contributed by atoms with van der Waals surface area (Å²) in [4.78, 5) is 44.1. The third kappa shape index (κ3) is 8.93. The van der Waals surface area contributed by atoms with Gasteiger partial charge in [0.1, 0.15) is 5.69 Å². The van der Waals surface area contributed by atoms with E-state index >= 15 is 0 Å². The van der Waals surface area contributed by atoms with E-state index in [9.17, 15) is 14.7 Å². The van der Waals surface area contributed by atoms with Crippen LogP contribution in [-0.4, -0.2) is 99.0 Å². The number of nitrogens with zero attached hydrogens (tertiary/aromatic N) is 6. The Balaban J connectivity index is 1.07. The molecule has 2 aromatic heterocycles. The number of hydrogen-bond acceptors (Lipinski definition) is 9. The second kappa shape index (κ2) is 16.2. The van der Waals surface area contributed by atoms with Crippen LogP contribution in [0.4, 0.5) is 10.6 Å². The van der Waals surface area contributed by atoms with Gasteiger partial charge in [0.05, 0.1) is 29.6 Å². The number of unbranched alkanes of at least 4 members (excludes halogenated alkanes) is 1. The zero-order valence-corrected chi connectivity index (χ0v) is 28.4. The van der Waals surface area contributed by atoms with E-state index in [4.69, 9.17) is 14.7 Å². The summed E-state index contributed by atoms with van der Waals surface area (Å²) < 4.78 is 7.17. The number of benzene rings is 2. The van der Waals surface area contributed by atoms with Crippen LogP contribution in [0.3, 0.4) is 0 Å². The lowest BCUT2D eigenvalue weighted by molar-refractivity contribution is -0.0317. The minimum atomic E-state index is -0.909. The fourth-order valence-electron chi connectivity index (χ4n) is 6.70. The van der Waals surface area contributed by atoms with Crippen molar-refractivity contribution in [3.8, 4) is 11.3 Å². The average molecular weight is 669 g/mol. The van der Waals surface area contributed by atoms with E-state index in [2.05, 4.69) is 37.6 Å². The Hall–Kier alpha value is -4.55. The van der Waals surface area contributed by atoms with Gasteiger partial charge in [-0.1, -0.05) is 43.7 Å². The molecule has 12 heteroatoms. The summed E-state index contributed by atoms with van der Waals surface area (Å²) in [7, 11) is 0. The van der Waals surface area contributed by atoms with Gasteiger partial charge in [0, 0.05) is 75.4 Å². The van der Waals surface area contributed by atoms with Gasteiger partial charge in [0.25, 0.3) is 5.91 Å². The number of anilines is 1. The molecule has 0 atom stereocenters. The smallest absolute Gasteiger partial charge is 0.407 e. The van der Waals surface area contributed by atoms with E-state index in [1.165, 1.54) is 0 Å². The Kier molecular flexibility index (Phi) is 11.4. The van der Waals surface area contributed by atoms with Crippen molar-refractivity contribution in [2.75, 3.05) is 50.8 Å². The van der Waals surface area contributed by atoms with E-state index in [-0.39, 0.29) is 12.5 Å². The largest absolute Gasteiger partial charge is 0.450 e. The normalized spacial score (nSPS) is 16.8. The lowest BCUT2D eigenvalue weighted by atomic mass is 9.89. The number of likely N-dealkylation sites (tertiary alicyclic amines) is 1. The van der Waals surface area contributed by atoms with Crippen LogP contribution >= 0.6 is 0 Å². The first-order valence-electron chi connectivity index (χ1n) is 17.6. The molecule has 0 aliphatic carbocycles. The molecule has 2 saturated heterocycles. The molecule has 0 bridgehead atoms. The van der Waals surface area contributed by atoms with Gasteiger partial charge in [-0.2, -0.15) is 0 Å². The molecule has 260 valence electrons. The highest BCUT2D eigenvalue weighted by Crippen LogP contribution is 2.33. The molecule has 2 aromatic carbocycles. The van der Waals surface area contributed by atoms with Gasteiger partial charge in [-0.15, -0.1) is 0 Å². The Labute approximate surface area is 287 Å². The molecule has 2 fully saturated rings. The van der Waals surface area contributed by atoms with Gasteiger partial charge in [-0.25, -0.2) is 19.7 Å². The molecule has 49 heavy (non-hydrogen) atoms. The van der Waals surface area contributed by atoms with Crippen molar-refractivity contribution < 1.29 is 19.4 Å². The van der Waals surface area contributed by atoms with Crippen molar-refractivity contribution in [1.82, 2.24) is 35.1 Å². The van der Waals surface area contributed by atoms with Crippen molar-refractivity contribution >= 4 is 28.9 Å². The molecular formula is C37H48N8O4. The number of fused-ring (bicyclic) bond motifs is 1. The number of aliphatic hydroxyl groups is 1. The number of hydrogen-bond donors (Lipinski definition) is 3. The zero-order valence-electron chi connectivity index (χ0n) is 28.4. The van der Waals surface area contributed by atoms with E-state index in [1.54, 1.807) is 12.5 Å². The zero-order chi connectivity index (χ0) is 34.1. The lowest BCUT2D eigenvalue weighted by Crippen LogP contribution is -2.54. The number of ether oxygens (including phenoxy) is 1. The molecule has 0 saturated carbocycles. The Morgan fingerprint density at radius 3 is 2.51 bits per heavy atom. The van der Waals surface area contributed by atoms with E-state index in [0.29, 0.717) is 43.1 Å².